The van der Waals surface area contributed by atoms with E-state index in [1.54, 1.807) is 0 Å². The quantitative estimate of drug-likeness (QED) is 0.611. The van der Waals surface area contributed by atoms with Gasteiger partial charge in [0.25, 0.3) is 0 Å². The van der Waals surface area contributed by atoms with Gasteiger partial charge in [0.2, 0.25) is 20.0 Å². The second kappa shape index (κ2) is 8.12. The predicted octanol–water partition coefficient (Wildman–Crippen LogP) is 1.22. The van der Waals surface area contributed by atoms with Crippen molar-refractivity contribution in [1.82, 2.24) is 14.8 Å². The summed E-state index contributed by atoms with van der Waals surface area (Å²) in [5, 5.41) is 3.26. The Hall–Kier alpha value is -0.710. The topological polar surface area (TPSA) is 104 Å². The van der Waals surface area contributed by atoms with Crippen LogP contribution in [-0.2, 0) is 20.0 Å². The number of halogens is 1. The normalized spacial score (nSPS) is 20.3. The SMILES string of the molecule is CC1(CNS(=O)(=O)c2cccc(S(=O)(=O)NC3CC3)c2)CCNCC1.Cl. The monoisotopic (exact) mass is 423 g/mol. The molecular weight excluding hydrogens is 398 g/mol. The molecule has 2 aliphatic rings. The zero-order valence-electron chi connectivity index (χ0n) is 14.7. The van der Waals surface area contributed by atoms with Gasteiger partial charge < -0.3 is 5.32 Å². The van der Waals surface area contributed by atoms with E-state index < -0.39 is 20.0 Å². The number of hydrogen-bond acceptors (Lipinski definition) is 5. The highest BCUT2D eigenvalue weighted by Crippen LogP contribution is 2.28. The molecule has 1 aromatic carbocycles. The Labute approximate surface area is 161 Å². The Morgan fingerprint density at radius 2 is 1.65 bits per heavy atom. The van der Waals surface area contributed by atoms with Crippen molar-refractivity contribution in [3.63, 3.8) is 0 Å². The fraction of sp³-hybridized carbons (Fsp3) is 0.625. The van der Waals surface area contributed by atoms with Crippen LogP contribution in [0.3, 0.4) is 0 Å². The van der Waals surface area contributed by atoms with Crippen molar-refractivity contribution < 1.29 is 16.8 Å². The van der Waals surface area contributed by atoms with Crippen LogP contribution < -0.4 is 14.8 Å². The summed E-state index contributed by atoms with van der Waals surface area (Å²) in [6.07, 6.45) is 3.45. The maximum Gasteiger partial charge on any atom is 0.240 e. The molecule has 3 rings (SSSR count). The highest BCUT2D eigenvalue weighted by Gasteiger charge is 2.30. The van der Waals surface area contributed by atoms with Crippen LogP contribution in [0.1, 0.15) is 32.6 Å². The highest BCUT2D eigenvalue weighted by molar-refractivity contribution is 7.90. The minimum absolute atomic E-state index is 0. The van der Waals surface area contributed by atoms with Gasteiger partial charge >= 0.3 is 0 Å². The zero-order valence-corrected chi connectivity index (χ0v) is 17.1. The number of hydrogen-bond donors (Lipinski definition) is 3. The average Bonchev–Trinajstić information content (AvgIpc) is 3.37. The molecule has 3 N–H and O–H groups in total. The molecule has 1 aliphatic heterocycles. The largest absolute Gasteiger partial charge is 0.317 e. The van der Waals surface area contributed by atoms with E-state index in [0.717, 1.165) is 38.8 Å². The molecule has 148 valence electrons. The molecule has 0 bridgehead atoms. The minimum atomic E-state index is -3.76. The minimum Gasteiger partial charge on any atom is -0.317 e. The molecule has 0 aromatic heterocycles. The number of nitrogens with one attached hydrogen (secondary N) is 3. The van der Waals surface area contributed by atoms with Gasteiger partial charge in [-0.05, 0) is 62.4 Å². The lowest BCUT2D eigenvalue weighted by molar-refractivity contribution is 0.232. The highest BCUT2D eigenvalue weighted by atomic mass is 35.5. The molecular formula is C16H26ClN3O4S2. The summed E-state index contributed by atoms with van der Waals surface area (Å²) in [6, 6.07) is 5.49. The van der Waals surface area contributed by atoms with Crippen molar-refractivity contribution >= 4 is 32.5 Å². The van der Waals surface area contributed by atoms with E-state index in [0.29, 0.717) is 6.54 Å². The van der Waals surface area contributed by atoms with E-state index in [9.17, 15) is 16.8 Å². The van der Waals surface area contributed by atoms with Crippen LogP contribution in [0.2, 0.25) is 0 Å². The first-order chi connectivity index (χ1) is 11.7. The molecule has 0 atom stereocenters. The summed E-state index contributed by atoms with van der Waals surface area (Å²) in [7, 11) is -7.43. The molecule has 1 aromatic rings. The van der Waals surface area contributed by atoms with Crippen LogP contribution in [0.25, 0.3) is 0 Å². The van der Waals surface area contributed by atoms with Crippen LogP contribution in [0, 0.1) is 5.41 Å². The predicted molar refractivity (Wildman–Crippen MR) is 102 cm³/mol. The molecule has 0 spiro atoms. The van der Waals surface area contributed by atoms with Crippen LogP contribution in [-0.4, -0.2) is 42.5 Å². The van der Waals surface area contributed by atoms with E-state index >= 15 is 0 Å². The molecule has 1 saturated heterocycles. The van der Waals surface area contributed by atoms with Crippen molar-refractivity contribution in [3.05, 3.63) is 24.3 Å². The van der Waals surface area contributed by atoms with Crippen LogP contribution in [0.15, 0.2) is 34.1 Å². The van der Waals surface area contributed by atoms with Crippen molar-refractivity contribution in [2.24, 2.45) is 5.41 Å². The lowest BCUT2D eigenvalue weighted by Gasteiger charge is -2.34. The Kier molecular flexibility index (Phi) is 6.74. The van der Waals surface area contributed by atoms with E-state index in [4.69, 9.17) is 0 Å². The van der Waals surface area contributed by atoms with Crippen LogP contribution in [0.4, 0.5) is 0 Å². The Bertz CT molecular complexity index is 833. The second-order valence-electron chi connectivity index (χ2n) is 7.26. The lowest BCUT2D eigenvalue weighted by Crippen LogP contribution is -2.42. The molecule has 1 saturated carbocycles. The third-order valence-corrected chi connectivity index (χ3v) is 7.74. The molecule has 1 heterocycles. The third kappa shape index (κ3) is 5.40. The number of benzene rings is 1. The van der Waals surface area contributed by atoms with E-state index in [1.165, 1.54) is 24.3 Å². The summed E-state index contributed by atoms with van der Waals surface area (Å²) >= 11 is 0. The van der Waals surface area contributed by atoms with Gasteiger partial charge in [0, 0.05) is 12.6 Å². The Balaban J connectivity index is 0.00000243. The Morgan fingerprint density at radius 3 is 2.23 bits per heavy atom. The maximum absolute atomic E-state index is 12.6. The molecule has 2 fully saturated rings. The van der Waals surface area contributed by atoms with Crippen molar-refractivity contribution in [2.75, 3.05) is 19.6 Å². The summed E-state index contributed by atoms with van der Waals surface area (Å²) in [4.78, 5) is -0.0425. The van der Waals surface area contributed by atoms with E-state index in [1.807, 2.05) is 0 Å². The van der Waals surface area contributed by atoms with Crippen molar-refractivity contribution in [3.8, 4) is 0 Å². The van der Waals surface area contributed by atoms with Crippen molar-refractivity contribution in [1.29, 1.82) is 0 Å². The van der Waals surface area contributed by atoms with Gasteiger partial charge in [-0.1, -0.05) is 13.0 Å². The van der Waals surface area contributed by atoms with Gasteiger partial charge in [0.15, 0.2) is 0 Å². The van der Waals surface area contributed by atoms with E-state index in [-0.39, 0.29) is 33.7 Å². The summed E-state index contributed by atoms with van der Waals surface area (Å²) in [5.41, 5.74) is -0.0878. The fourth-order valence-corrected chi connectivity index (χ4v) is 5.53. The molecule has 0 unspecified atom stereocenters. The number of piperidine rings is 1. The van der Waals surface area contributed by atoms with Gasteiger partial charge in [-0.25, -0.2) is 26.3 Å². The molecule has 26 heavy (non-hydrogen) atoms. The number of rotatable bonds is 7. The molecule has 0 radical (unpaired) electrons. The molecule has 0 amide bonds. The summed E-state index contributed by atoms with van der Waals surface area (Å²) < 4.78 is 55.0. The summed E-state index contributed by atoms with van der Waals surface area (Å²) in [6.45, 7) is 4.16. The molecule has 1 aliphatic carbocycles. The van der Waals surface area contributed by atoms with Gasteiger partial charge in [0.1, 0.15) is 0 Å². The molecule has 7 nitrogen and oxygen atoms in total. The first kappa shape index (κ1) is 21.6. The third-order valence-electron chi connectivity index (χ3n) is 4.82. The van der Waals surface area contributed by atoms with E-state index in [2.05, 4.69) is 21.7 Å². The smallest absolute Gasteiger partial charge is 0.240 e. The first-order valence-electron chi connectivity index (χ1n) is 8.53. The fourth-order valence-electron chi connectivity index (χ4n) is 2.86. The lowest BCUT2D eigenvalue weighted by atomic mass is 9.81. The van der Waals surface area contributed by atoms with Crippen LogP contribution in [0.5, 0.6) is 0 Å². The second-order valence-corrected chi connectivity index (χ2v) is 10.7. The average molecular weight is 424 g/mol. The van der Waals surface area contributed by atoms with Gasteiger partial charge in [-0.15, -0.1) is 12.4 Å². The van der Waals surface area contributed by atoms with Gasteiger partial charge in [-0.2, -0.15) is 0 Å². The first-order valence-corrected chi connectivity index (χ1v) is 11.5. The summed E-state index contributed by atoms with van der Waals surface area (Å²) in [5.74, 6) is 0. The standard InChI is InChI=1S/C16H25N3O4S2.ClH/c1-16(7-9-17-10-8-16)12-18-24(20,21)14-3-2-4-15(11-14)25(22,23)19-13-5-6-13;/h2-4,11,13,17-19H,5-10,12H2,1H3;1H. The van der Waals surface area contributed by atoms with Crippen LogP contribution >= 0.6 is 12.4 Å². The maximum atomic E-state index is 12.6. The number of sulfonamides is 2. The molecule has 10 heteroatoms. The Morgan fingerprint density at radius 1 is 1.08 bits per heavy atom. The van der Waals surface area contributed by atoms with Gasteiger partial charge in [0.05, 0.1) is 9.79 Å². The zero-order chi connectivity index (χ0) is 18.1. The van der Waals surface area contributed by atoms with Crippen molar-refractivity contribution in [2.45, 2.75) is 48.4 Å². The van der Waals surface area contributed by atoms with Gasteiger partial charge in [-0.3, -0.25) is 0 Å².